The van der Waals surface area contributed by atoms with Gasteiger partial charge in [0.05, 0.1) is 11.9 Å². The molecule has 21 heavy (non-hydrogen) atoms. The van der Waals surface area contributed by atoms with Gasteiger partial charge in [0.25, 0.3) is 0 Å². The average molecular weight is 289 g/mol. The zero-order chi connectivity index (χ0) is 15.5. The van der Waals surface area contributed by atoms with Crippen LogP contribution in [-0.4, -0.2) is 25.6 Å². The number of pyridine rings is 1. The number of hydrogen-bond acceptors (Lipinski definition) is 3. The van der Waals surface area contributed by atoms with Gasteiger partial charge in [-0.1, -0.05) is 20.8 Å². The number of rotatable bonds is 4. The van der Waals surface area contributed by atoms with Gasteiger partial charge >= 0.3 is 0 Å². The Morgan fingerprint density at radius 3 is 2.29 bits per heavy atom. The summed E-state index contributed by atoms with van der Waals surface area (Å²) in [6, 6.07) is 4.20. The van der Waals surface area contributed by atoms with E-state index < -0.39 is 0 Å². The quantitative estimate of drug-likeness (QED) is 0.889. The minimum Gasteiger partial charge on any atom is -0.384 e. The summed E-state index contributed by atoms with van der Waals surface area (Å²) < 4.78 is 0. The molecule has 1 fully saturated rings. The Hall–Kier alpha value is -1.25. The van der Waals surface area contributed by atoms with E-state index in [-0.39, 0.29) is 0 Å². The van der Waals surface area contributed by atoms with Crippen molar-refractivity contribution in [1.82, 2.24) is 4.98 Å². The van der Waals surface area contributed by atoms with Crippen molar-refractivity contribution in [3.05, 3.63) is 18.3 Å². The molecule has 0 spiro atoms. The standard InChI is InChI=1S/C18H31N3/c1-18(2,3)15-8-6-14(7-9-15)12-19-16-10-11-17(20-13-16)21(4)5/h10-11,13-15,19H,6-9,12H2,1-5H3. The predicted octanol–water partition coefficient (Wildman–Crippen LogP) is 4.41. The monoisotopic (exact) mass is 289 g/mol. The highest BCUT2D eigenvalue weighted by atomic mass is 15.1. The van der Waals surface area contributed by atoms with E-state index in [9.17, 15) is 0 Å². The molecule has 1 N–H and O–H groups in total. The molecule has 3 heteroatoms. The third-order valence-corrected chi connectivity index (χ3v) is 4.87. The van der Waals surface area contributed by atoms with E-state index in [1.165, 1.54) is 25.7 Å². The van der Waals surface area contributed by atoms with Crippen LogP contribution in [0.25, 0.3) is 0 Å². The van der Waals surface area contributed by atoms with Crippen LogP contribution in [0.15, 0.2) is 18.3 Å². The minimum absolute atomic E-state index is 0.477. The summed E-state index contributed by atoms with van der Waals surface area (Å²) in [5.41, 5.74) is 1.61. The van der Waals surface area contributed by atoms with E-state index in [4.69, 9.17) is 0 Å². The number of aromatic nitrogens is 1. The lowest BCUT2D eigenvalue weighted by Crippen LogP contribution is -2.28. The van der Waals surface area contributed by atoms with Crippen molar-refractivity contribution in [2.75, 3.05) is 30.9 Å². The molecule has 1 aliphatic rings. The zero-order valence-corrected chi connectivity index (χ0v) is 14.3. The molecule has 0 radical (unpaired) electrons. The van der Waals surface area contributed by atoms with E-state index >= 15 is 0 Å². The van der Waals surface area contributed by atoms with E-state index in [2.05, 4.69) is 43.2 Å². The summed E-state index contributed by atoms with van der Waals surface area (Å²) in [5.74, 6) is 2.72. The molecule has 1 aromatic heterocycles. The van der Waals surface area contributed by atoms with Gasteiger partial charge in [-0.3, -0.25) is 0 Å². The summed E-state index contributed by atoms with van der Waals surface area (Å²) in [7, 11) is 4.03. The second-order valence-corrected chi connectivity index (χ2v) is 7.76. The zero-order valence-electron chi connectivity index (χ0n) is 14.3. The molecule has 0 aromatic carbocycles. The SMILES string of the molecule is CN(C)c1ccc(NCC2CCC(C(C)(C)C)CC2)cn1. The molecule has 1 aliphatic carbocycles. The number of nitrogens with zero attached hydrogens (tertiary/aromatic N) is 2. The van der Waals surface area contributed by atoms with Crippen LogP contribution >= 0.6 is 0 Å². The first-order chi connectivity index (χ1) is 9.86. The highest BCUT2D eigenvalue weighted by Crippen LogP contribution is 2.39. The second kappa shape index (κ2) is 6.67. The molecular formula is C18H31N3. The van der Waals surface area contributed by atoms with Crippen LogP contribution < -0.4 is 10.2 Å². The van der Waals surface area contributed by atoms with Crippen molar-refractivity contribution in [1.29, 1.82) is 0 Å². The second-order valence-electron chi connectivity index (χ2n) is 7.76. The molecule has 0 bridgehead atoms. The van der Waals surface area contributed by atoms with Crippen molar-refractivity contribution in [3.63, 3.8) is 0 Å². The molecule has 0 amide bonds. The van der Waals surface area contributed by atoms with E-state index in [1.54, 1.807) is 0 Å². The Labute approximate surface area is 130 Å². The molecular weight excluding hydrogens is 258 g/mol. The largest absolute Gasteiger partial charge is 0.384 e. The van der Waals surface area contributed by atoms with Gasteiger partial charge in [0.2, 0.25) is 0 Å². The van der Waals surface area contributed by atoms with E-state index in [0.717, 1.165) is 29.9 Å². The molecule has 0 atom stereocenters. The molecule has 1 saturated carbocycles. The first kappa shape index (κ1) is 16.1. The van der Waals surface area contributed by atoms with Crippen molar-refractivity contribution < 1.29 is 0 Å². The summed E-state index contributed by atoms with van der Waals surface area (Å²) in [6.45, 7) is 8.23. The summed E-state index contributed by atoms with van der Waals surface area (Å²) in [4.78, 5) is 6.48. The van der Waals surface area contributed by atoms with Gasteiger partial charge in [-0.2, -0.15) is 0 Å². The first-order valence-corrected chi connectivity index (χ1v) is 8.23. The van der Waals surface area contributed by atoms with Crippen molar-refractivity contribution in [2.24, 2.45) is 17.3 Å². The molecule has 0 aliphatic heterocycles. The predicted molar refractivity (Wildman–Crippen MR) is 92.0 cm³/mol. The Bertz CT molecular complexity index is 423. The van der Waals surface area contributed by atoms with Crippen LogP contribution in [0.4, 0.5) is 11.5 Å². The van der Waals surface area contributed by atoms with E-state index in [1.807, 2.05) is 25.2 Å². The summed E-state index contributed by atoms with van der Waals surface area (Å²) >= 11 is 0. The summed E-state index contributed by atoms with van der Waals surface area (Å²) in [6.07, 6.45) is 7.42. The first-order valence-electron chi connectivity index (χ1n) is 8.23. The van der Waals surface area contributed by atoms with Gasteiger partial charge in [-0.25, -0.2) is 4.98 Å². The lowest BCUT2D eigenvalue weighted by atomic mass is 9.70. The van der Waals surface area contributed by atoms with Crippen LogP contribution in [0.5, 0.6) is 0 Å². The Morgan fingerprint density at radius 1 is 1.14 bits per heavy atom. The van der Waals surface area contributed by atoms with Crippen molar-refractivity contribution in [2.45, 2.75) is 46.5 Å². The maximum absolute atomic E-state index is 4.45. The minimum atomic E-state index is 0.477. The maximum Gasteiger partial charge on any atom is 0.128 e. The Morgan fingerprint density at radius 2 is 1.81 bits per heavy atom. The fraction of sp³-hybridized carbons (Fsp3) is 0.722. The molecule has 118 valence electrons. The lowest BCUT2D eigenvalue weighted by molar-refractivity contribution is 0.153. The van der Waals surface area contributed by atoms with Crippen molar-refractivity contribution in [3.8, 4) is 0 Å². The van der Waals surface area contributed by atoms with Gasteiger partial charge in [0.15, 0.2) is 0 Å². The fourth-order valence-electron chi connectivity index (χ4n) is 3.25. The molecule has 0 unspecified atom stereocenters. The number of nitrogens with one attached hydrogen (secondary N) is 1. The van der Waals surface area contributed by atoms with Crippen LogP contribution in [-0.2, 0) is 0 Å². The maximum atomic E-state index is 4.45. The van der Waals surface area contributed by atoms with Gasteiger partial charge in [-0.15, -0.1) is 0 Å². The molecule has 3 nitrogen and oxygen atoms in total. The molecule has 1 heterocycles. The highest BCUT2D eigenvalue weighted by molar-refractivity contribution is 5.47. The molecule has 1 aromatic rings. The number of anilines is 2. The molecule has 0 saturated heterocycles. The Kier molecular flexibility index (Phi) is 5.13. The van der Waals surface area contributed by atoms with Crippen LogP contribution in [0, 0.1) is 17.3 Å². The van der Waals surface area contributed by atoms with Gasteiger partial charge in [0, 0.05) is 20.6 Å². The van der Waals surface area contributed by atoms with E-state index in [0.29, 0.717) is 5.41 Å². The van der Waals surface area contributed by atoms with Crippen LogP contribution in [0.3, 0.4) is 0 Å². The third-order valence-electron chi connectivity index (χ3n) is 4.87. The average Bonchev–Trinajstić information content (AvgIpc) is 2.45. The topological polar surface area (TPSA) is 28.2 Å². The van der Waals surface area contributed by atoms with Gasteiger partial charge in [0.1, 0.15) is 5.82 Å². The number of hydrogen-bond donors (Lipinski definition) is 1. The molecule has 2 rings (SSSR count). The van der Waals surface area contributed by atoms with Gasteiger partial charge < -0.3 is 10.2 Å². The van der Waals surface area contributed by atoms with Gasteiger partial charge in [-0.05, 0) is 55.1 Å². The summed E-state index contributed by atoms with van der Waals surface area (Å²) in [5, 5.41) is 3.55. The third kappa shape index (κ3) is 4.62. The normalized spacial score (nSPS) is 22.9. The fourth-order valence-corrected chi connectivity index (χ4v) is 3.25. The van der Waals surface area contributed by atoms with Crippen LogP contribution in [0.2, 0.25) is 0 Å². The van der Waals surface area contributed by atoms with Crippen LogP contribution in [0.1, 0.15) is 46.5 Å². The van der Waals surface area contributed by atoms with Crippen molar-refractivity contribution >= 4 is 11.5 Å². The smallest absolute Gasteiger partial charge is 0.128 e. The highest BCUT2D eigenvalue weighted by Gasteiger charge is 2.29. The Balaban J connectivity index is 1.77. The lowest BCUT2D eigenvalue weighted by Gasteiger charge is -2.37.